The van der Waals surface area contributed by atoms with Crippen molar-refractivity contribution in [1.82, 2.24) is 9.55 Å². The number of thiophene rings is 1. The quantitative estimate of drug-likeness (QED) is 0.731. The average molecular weight is 343 g/mol. The number of aromatic nitrogens is 2. The normalized spacial score (nSPS) is 10.5. The van der Waals surface area contributed by atoms with Gasteiger partial charge in [-0.2, -0.15) is 0 Å². The van der Waals surface area contributed by atoms with Crippen LogP contribution in [0.1, 0.15) is 10.4 Å². The van der Waals surface area contributed by atoms with Crippen molar-refractivity contribution in [2.45, 2.75) is 6.54 Å². The highest BCUT2D eigenvalue weighted by molar-refractivity contribution is 7.16. The van der Waals surface area contributed by atoms with Crippen molar-refractivity contribution in [2.24, 2.45) is 0 Å². The second-order valence-corrected chi connectivity index (χ2v) is 5.83. The third-order valence-corrected chi connectivity index (χ3v) is 4.17. The van der Waals surface area contributed by atoms with Crippen LogP contribution in [0.3, 0.4) is 0 Å². The van der Waals surface area contributed by atoms with Crippen molar-refractivity contribution in [3.63, 3.8) is 0 Å². The second-order valence-electron chi connectivity index (χ2n) is 4.93. The van der Waals surface area contributed by atoms with Crippen LogP contribution in [0.4, 0.5) is 5.69 Å². The first kappa shape index (κ1) is 15.9. The molecule has 0 aliphatic rings. The Morgan fingerprint density at radius 2 is 2.00 bits per heavy atom. The van der Waals surface area contributed by atoms with Gasteiger partial charge in [0, 0.05) is 5.69 Å². The Kier molecular flexibility index (Phi) is 4.39. The Labute approximate surface area is 140 Å². The zero-order valence-corrected chi connectivity index (χ0v) is 13.5. The molecule has 1 N–H and O–H groups in total. The van der Waals surface area contributed by atoms with Crippen molar-refractivity contribution >= 4 is 39.1 Å². The number of methoxy groups -OCH3 is 1. The molecule has 1 aromatic carbocycles. The van der Waals surface area contributed by atoms with Gasteiger partial charge in [-0.25, -0.2) is 9.78 Å². The number of nitrogens with zero attached hydrogens (tertiary/aromatic N) is 2. The zero-order chi connectivity index (χ0) is 17.1. The molecule has 3 rings (SSSR count). The molecule has 1 amide bonds. The minimum absolute atomic E-state index is 0.142. The van der Waals surface area contributed by atoms with Gasteiger partial charge in [0.1, 0.15) is 11.4 Å². The number of carbonyl (C=O) groups is 2. The van der Waals surface area contributed by atoms with Crippen LogP contribution < -0.4 is 10.9 Å². The molecule has 0 unspecified atom stereocenters. The molecular weight excluding hydrogens is 330 g/mol. The highest BCUT2D eigenvalue weighted by Gasteiger charge is 2.10. The number of hydrogen-bond acceptors (Lipinski definition) is 6. The maximum Gasteiger partial charge on any atom is 0.337 e. The summed E-state index contributed by atoms with van der Waals surface area (Å²) in [7, 11) is 1.30. The lowest BCUT2D eigenvalue weighted by Crippen LogP contribution is -2.27. The van der Waals surface area contributed by atoms with Gasteiger partial charge in [0.25, 0.3) is 5.56 Å². The van der Waals surface area contributed by atoms with Gasteiger partial charge in [-0.05, 0) is 35.7 Å². The first-order valence-corrected chi connectivity index (χ1v) is 7.87. The minimum Gasteiger partial charge on any atom is -0.465 e. The molecule has 24 heavy (non-hydrogen) atoms. The highest BCUT2D eigenvalue weighted by Crippen LogP contribution is 2.13. The Morgan fingerprint density at radius 1 is 1.25 bits per heavy atom. The molecule has 8 heteroatoms. The molecule has 0 aliphatic heterocycles. The van der Waals surface area contributed by atoms with Crippen LogP contribution in [0.15, 0.2) is 46.8 Å². The van der Waals surface area contributed by atoms with E-state index in [1.165, 1.54) is 29.3 Å². The molecule has 0 aliphatic carbocycles. The number of esters is 1. The van der Waals surface area contributed by atoms with E-state index in [9.17, 15) is 14.4 Å². The van der Waals surface area contributed by atoms with E-state index in [-0.39, 0.29) is 18.0 Å². The lowest BCUT2D eigenvalue weighted by atomic mass is 10.2. The Bertz CT molecular complexity index is 959. The fourth-order valence-electron chi connectivity index (χ4n) is 2.17. The molecule has 0 radical (unpaired) electrons. The van der Waals surface area contributed by atoms with Crippen LogP contribution in [0.2, 0.25) is 0 Å². The number of benzene rings is 1. The largest absolute Gasteiger partial charge is 0.465 e. The van der Waals surface area contributed by atoms with E-state index >= 15 is 0 Å². The van der Waals surface area contributed by atoms with E-state index in [1.54, 1.807) is 35.7 Å². The lowest BCUT2D eigenvalue weighted by Gasteiger charge is -2.07. The van der Waals surface area contributed by atoms with Crippen LogP contribution in [-0.4, -0.2) is 28.5 Å². The number of ether oxygens (including phenoxy) is 1. The summed E-state index contributed by atoms with van der Waals surface area (Å²) in [6.07, 6.45) is 1.36. The van der Waals surface area contributed by atoms with Gasteiger partial charge in [-0.3, -0.25) is 14.2 Å². The SMILES string of the molecule is COC(=O)c1ccc(NC(=O)Cn2cnc3sccc3c2=O)cc1. The molecule has 0 saturated heterocycles. The van der Waals surface area contributed by atoms with Gasteiger partial charge in [-0.1, -0.05) is 0 Å². The molecule has 122 valence electrons. The fraction of sp³-hybridized carbons (Fsp3) is 0.125. The maximum absolute atomic E-state index is 12.2. The predicted octanol–water partition coefficient (Wildman–Crippen LogP) is 1.88. The van der Waals surface area contributed by atoms with Gasteiger partial charge in [0.15, 0.2) is 0 Å². The monoisotopic (exact) mass is 343 g/mol. The number of anilines is 1. The number of amides is 1. The van der Waals surface area contributed by atoms with Crippen LogP contribution in [0.25, 0.3) is 10.2 Å². The molecule has 2 heterocycles. The van der Waals surface area contributed by atoms with Gasteiger partial charge in [0.05, 0.1) is 24.4 Å². The number of fused-ring (bicyclic) bond motifs is 1. The molecule has 0 atom stereocenters. The summed E-state index contributed by atoms with van der Waals surface area (Å²) in [5, 5.41) is 4.95. The van der Waals surface area contributed by atoms with E-state index < -0.39 is 5.97 Å². The van der Waals surface area contributed by atoms with Crippen LogP contribution in [0, 0.1) is 0 Å². The summed E-state index contributed by atoms with van der Waals surface area (Å²) in [4.78, 5) is 40.5. The molecule has 0 bridgehead atoms. The number of hydrogen-bond donors (Lipinski definition) is 1. The van der Waals surface area contributed by atoms with Gasteiger partial charge in [-0.15, -0.1) is 11.3 Å². The van der Waals surface area contributed by atoms with Crippen molar-refractivity contribution in [3.8, 4) is 0 Å². The number of carbonyl (C=O) groups excluding carboxylic acids is 2. The van der Waals surface area contributed by atoms with Crippen molar-refractivity contribution in [2.75, 3.05) is 12.4 Å². The third-order valence-electron chi connectivity index (χ3n) is 3.35. The van der Waals surface area contributed by atoms with Gasteiger partial charge >= 0.3 is 5.97 Å². The summed E-state index contributed by atoms with van der Waals surface area (Å²) < 4.78 is 5.86. The van der Waals surface area contributed by atoms with Crippen LogP contribution in [-0.2, 0) is 16.1 Å². The van der Waals surface area contributed by atoms with Crippen molar-refractivity contribution in [3.05, 3.63) is 58.0 Å². The molecule has 0 spiro atoms. The summed E-state index contributed by atoms with van der Waals surface area (Å²) >= 11 is 1.37. The standard InChI is InChI=1S/C16H13N3O4S/c1-23-16(22)10-2-4-11(5-3-10)18-13(20)8-19-9-17-14-12(15(19)21)6-7-24-14/h2-7,9H,8H2,1H3,(H,18,20). The second kappa shape index (κ2) is 6.63. The predicted molar refractivity (Wildman–Crippen MR) is 90.3 cm³/mol. The molecular formula is C16H13N3O4S. The van der Waals surface area contributed by atoms with Crippen molar-refractivity contribution in [1.29, 1.82) is 0 Å². The summed E-state index contributed by atoms with van der Waals surface area (Å²) in [6, 6.07) is 7.97. The molecule has 0 saturated carbocycles. The molecule has 2 aromatic heterocycles. The zero-order valence-electron chi connectivity index (χ0n) is 12.7. The van der Waals surface area contributed by atoms with E-state index in [0.717, 1.165) is 0 Å². The van der Waals surface area contributed by atoms with Crippen molar-refractivity contribution < 1.29 is 14.3 Å². The number of nitrogens with one attached hydrogen (secondary N) is 1. The molecule has 3 aromatic rings. The average Bonchev–Trinajstić information content (AvgIpc) is 3.07. The summed E-state index contributed by atoms with van der Waals surface area (Å²) in [5.74, 6) is -0.811. The van der Waals surface area contributed by atoms with E-state index in [1.807, 2.05) is 0 Å². The Morgan fingerprint density at radius 3 is 2.71 bits per heavy atom. The summed E-state index contributed by atoms with van der Waals surface area (Å²) in [6.45, 7) is -0.142. The van der Waals surface area contributed by atoms with Gasteiger partial charge < -0.3 is 10.1 Å². The number of rotatable bonds is 4. The van der Waals surface area contributed by atoms with E-state index in [0.29, 0.717) is 21.5 Å². The fourth-order valence-corrected chi connectivity index (χ4v) is 2.89. The minimum atomic E-state index is -0.449. The highest BCUT2D eigenvalue weighted by atomic mass is 32.1. The topological polar surface area (TPSA) is 90.3 Å². The smallest absolute Gasteiger partial charge is 0.337 e. The van der Waals surface area contributed by atoms with Crippen LogP contribution in [0.5, 0.6) is 0 Å². The lowest BCUT2D eigenvalue weighted by molar-refractivity contribution is -0.116. The Hall–Kier alpha value is -3.00. The maximum atomic E-state index is 12.2. The first-order chi connectivity index (χ1) is 11.6. The first-order valence-electron chi connectivity index (χ1n) is 6.99. The van der Waals surface area contributed by atoms with E-state index in [4.69, 9.17) is 0 Å². The molecule has 7 nitrogen and oxygen atoms in total. The Balaban J connectivity index is 1.71. The summed E-state index contributed by atoms with van der Waals surface area (Å²) in [5.41, 5.74) is 0.654. The molecule has 0 fully saturated rings. The van der Waals surface area contributed by atoms with Crippen LogP contribution >= 0.6 is 11.3 Å². The van der Waals surface area contributed by atoms with Gasteiger partial charge in [0.2, 0.25) is 5.91 Å². The third kappa shape index (κ3) is 3.18. The van der Waals surface area contributed by atoms with E-state index in [2.05, 4.69) is 15.0 Å².